The lowest BCUT2D eigenvalue weighted by Crippen LogP contribution is -2.42. The lowest BCUT2D eigenvalue weighted by Gasteiger charge is -2.29. The van der Waals surface area contributed by atoms with Crippen molar-refractivity contribution in [3.8, 4) is 0 Å². The van der Waals surface area contributed by atoms with Crippen LogP contribution in [0.5, 0.6) is 0 Å². The Kier molecular flexibility index (Phi) is 5.35. The molecular formula is C16H22N2O4. The van der Waals surface area contributed by atoms with Crippen molar-refractivity contribution in [2.24, 2.45) is 5.92 Å². The number of carbonyl (C=O) groups is 3. The Bertz CT molecular complexity index is 564. The van der Waals surface area contributed by atoms with Crippen LogP contribution in [0.4, 0.5) is 0 Å². The molecule has 1 amide bonds. The van der Waals surface area contributed by atoms with Crippen molar-refractivity contribution in [1.82, 2.24) is 10.3 Å². The molecule has 6 heteroatoms. The van der Waals surface area contributed by atoms with Gasteiger partial charge in [-0.15, -0.1) is 0 Å². The molecule has 120 valence electrons. The first-order chi connectivity index (χ1) is 10.5. The molecule has 1 heterocycles. The van der Waals surface area contributed by atoms with Crippen LogP contribution in [0.25, 0.3) is 0 Å². The molecule has 0 aliphatic heterocycles. The van der Waals surface area contributed by atoms with E-state index in [-0.39, 0.29) is 30.0 Å². The Morgan fingerprint density at radius 3 is 2.68 bits per heavy atom. The topological polar surface area (TPSA) is 88.3 Å². The molecule has 1 aromatic heterocycles. The van der Waals surface area contributed by atoms with E-state index in [0.29, 0.717) is 11.5 Å². The minimum atomic E-state index is -0.639. The zero-order valence-corrected chi connectivity index (χ0v) is 13.0. The van der Waals surface area contributed by atoms with Gasteiger partial charge in [0.15, 0.2) is 12.4 Å². The summed E-state index contributed by atoms with van der Waals surface area (Å²) in [5, 5.41) is 2.92. The van der Waals surface area contributed by atoms with Crippen LogP contribution < -0.4 is 5.32 Å². The summed E-state index contributed by atoms with van der Waals surface area (Å²) in [6.45, 7) is 3.23. The Morgan fingerprint density at radius 1 is 1.32 bits per heavy atom. The van der Waals surface area contributed by atoms with Crippen molar-refractivity contribution in [2.45, 2.75) is 45.6 Å². The molecule has 1 fully saturated rings. The SMILES string of the molecule is CC(=O)c1c[nH]c(C(=O)OCC(=O)N[C@@H]2CCCC[C@@H]2C)c1. The van der Waals surface area contributed by atoms with Gasteiger partial charge >= 0.3 is 5.97 Å². The number of H-pyrrole nitrogens is 1. The molecule has 0 saturated heterocycles. The molecule has 1 saturated carbocycles. The number of aromatic nitrogens is 1. The average molecular weight is 306 g/mol. The largest absolute Gasteiger partial charge is 0.451 e. The van der Waals surface area contributed by atoms with E-state index in [0.717, 1.165) is 19.3 Å². The monoisotopic (exact) mass is 306 g/mol. The molecule has 1 aliphatic carbocycles. The van der Waals surface area contributed by atoms with Crippen LogP contribution in [0.1, 0.15) is 60.4 Å². The quantitative estimate of drug-likeness (QED) is 0.644. The summed E-state index contributed by atoms with van der Waals surface area (Å²) in [6, 6.07) is 1.58. The summed E-state index contributed by atoms with van der Waals surface area (Å²) in [6.07, 6.45) is 5.85. The van der Waals surface area contributed by atoms with Gasteiger partial charge in [0.05, 0.1) is 0 Å². The number of ether oxygens (including phenoxy) is 1. The van der Waals surface area contributed by atoms with Gasteiger partial charge in [-0.25, -0.2) is 4.79 Å². The van der Waals surface area contributed by atoms with Crippen LogP contribution in [-0.2, 0) is 9.53 Å². The van der Waals surface area contributed by atoms with Crippen molar-refractivity contribution in [3.05, 3.63) is 23.5 Å². The molecule has 1 aliphatic rings. The predicted molar refractivity (Wildman–Crippen MR) is 80.6 cm³/mol. The van der Waals surface area contributed by atoms with E-state index < -0.39 is 5.97 Å². The van der Waals surface area contributed by atoms with E-state index in [1.807, 2.05) is 0 Å². The third-order valence-electron chi connectivity index (χ3n) is 4.10. The summed E-state index contributed by atoms with van der Waals surface area (Å²) in [5.41, 5.74) is 0.580. The van der Waals surface area contributed by atoms with Crippen LogP contribution in [-0.4, -0.2) is 35.3 Å². The number of hydrogen-bond donors (Lipinski definition) is 2. The Labute approximate surface area is 129 Å². The highest BCUT2D eigenvalue weighted by atomic mass is 16.5. The molecule has 6 nitrogen and oxygen atoms in total. The number of hydrogen-bond acceptors (Lipinski definition) is 4. The second-order valence-electron chi connectivity index (χ2n) is 5.87. The molecule has 0 bridgehead atoms. The lowest BCUT2D eigenvalue weighted by atomic mass is 9.86. The smallest absolute Gasteiger partial charge is 0.355 e. The summed E-state index contributed by atoms with van der Waals surface area (Å²) >= 11 is 0. The highest BCUT2D eigenvalue weighted by molar-refractivity contribution is 5.97. The Hall–Kier alpha value is -2.11. The number of carbonyl (C=O) groups excluding carboxylic acids is 3. The third-order valence-corrected chi connectivity index (χ3v) is 4.10. The fraction of sp³-hybridized carbons (Fsp3) is 0.562. The highest BCUT2D eigenvalue weighted by Gasteiger charge is 2.23. The molecule has 2 atom stereocenters. The number of esters is 1. The number of ketones is 1. The van der Waals surface area contributed by atoms with Gasteiger partial charge < -0.3 is 15.0 Å². The first-order valence-electron chi connectivity index (χ1n) is 7.63. The molecule has 2 N–H and O–H groups in total. The minimum Gasteiger partial charge on any atom is -0.451 e. The van der Waals surface area contributed by atoms with Crippen LogP contribution in [0.3, 0.4) is 0 Å². The van der Waals surface area contributed by atoms with Gasteiger partial charge in [-0.1, -0.05) is 19.8 Å². The highest BCUT2D eigenvalue weighted by Crippen LogP contribution is 2.23. The van der Waals surface area contributed by atoms with Crippen LogP contribution in [0.15, 0.2) is 12.3 Å². The lowest BCUT2D eigenvalue weighted by molar-refractivity contribution is -0.125. The standard InChI is InChI=1S/C16H22N2O4/c1-10-5-3-4-6-13(10)18-15(20)9-22-16(21)14-7-12(8-17-14)11(2)19/h7-8,10,13,17H,3-6,9H2,1-2H3,(H,18,20)/t10-,13+/m0/s1. The van der Waals surface area contributed by atoms with Gasteiger partial charge in [0.25, 0.3) is 5.91 Å². The molecule has 1 aromatic rings. The first kappa shape index (κ1) is 16.3. The van der Waals surface area contributed by atoms with E-state index in [1.54, 1.807) is 0 Å². The van der Waals surface area contributed by atoms with Gasteiger partial charge in [0, 0.05) is 17.8 Å². The predicted octanol–water partition coefficient (Wildman–Crippen LogP) is 2.07. The van der Waals surface area contributed by atoms with Gasteiger partial charge in [-0.3, -0.25) is 9.59 Å². The van der Waals surface area contributed by atoms with Crippen molar-refractivity contribution in [2.75, 3.05) is 6.61 Å². The fourth-order valence-electron chi connectivity index (χ4n) is 2.70. The van der Waals surface area contributed by atoms with Gasteiger partial charge in [0.2, 0.25) is 0 Å². The zero-order chi connectivity index (χ0) is 16.1. The van der Waals surface area contributed by atoms with Crippen LogP contribution >= 0.6 is 0 Å². The summed E-state index contributed by atoms with van der Waals surface area (Å²) in [7, 11) is 0. The van der Waals surface area contributed by atoms with Crippen molar-refractivity contribution in [3.63, 3.8) is 0 Å². The maximum absolute atomic E-state index is 11.9. The molecule has 0 aromatic carbocycles. The molecule has 2 rings (SSSR count). The molecule has 0 radical (unpaired) electrons. The number of rotatable bonds is 5. The van der Waals surface area contributed by atoms with Gasteiger partial charge in [-0.2, -0.15) is 0 Å². The summed E-state index contributed by atoms with van der Waals surface area (Å²) in [5.74, 6) is -0.612. The molecule has 0 spiro atoms. The molecule has 22 heavy (non-hydrogen) atoms. The van der Waals surface area contributed by atoms with Crippen molar-refractivity contribution >= 4 is 17.7 Å². The van der Waals surface area contributed by atoms with Crippen LogP contribution in [0.2, 0.25) is 0 Å². The number of amides is 1. The van der Waals surface area contributed by atoms with Gasteiger partial charge in [-0.05, 0) is 31.7 Å². The Balaban J connectivity index is 1.79. The maximum atomic E-state index is 11.9. The second kappa shape index (κ2) is 7.24. The van der Waals surface area contributed by atoms with E-state index in [2.05, 4.69) is 17.2 Å². The average Bonchev–Trinajstić information content (AvgIpc) is 2.97. The summed E-state index contributed by atoms with van der Waals surface area (Å²) in [4.78, 5) is 37.5. The van der Waals surface area contributed by atoms with E-state index >= 15 is 0 Å². The number of nitrogens with one attached hydrogen (secondary N) is 2. The Morgan fingerprint density at radius 2 is 2.05 bits per heavy atom. The van der Waals surface area contributed by atoms with E-state index in [4.69, 9.17) is 4.74 Å². The van der Waals surface area contributed by atoms with E-state index in [1.165, 1.54) is 25.6 Å². The second-order valence-corrected chi connectivity index (χ2v) is 5.87. The number of aromatic amines is 1. The third kappa shape index (κ3) is 4.19. The van der Waals surface area contributed by atoms with Gasteiger partial charge in [0.1, 0.15) is 5.69 Å². The fourth-order valence-corrected chi connectivity index (χ4v) is 2.70. The maximum Gasteiger partial charge on any atom is 0.355 e. The number of Topliss-reactive ketones (excluding diaryl/α,β-unsaturated/α-hetero) is 1. The molecule has 0 unspecified atom stereocenters. The normalized spacial score (nSPS) is 21.2. The van der Waals surface area contributed by atoms with Crippen molar-refractivity contribution < 1.29 is 19.1 Å². The van der Waals surface area contributed by atoms with Crippen molar-refractivity contribution in [1.29, 1.82) is 0 Å². The minimum absolute atomic E-state index is 0.140. The first-order valence-corrected chi connectivity index (χ1v) is 7.63. The van der Waals surface area contributed by atoms with Crippen LogP contribution in [0, 0.1) is 5.92 Å². The zero-order valence-electron chi connectivity index (χ0n) is 13.0. The summed E-state index contributed by atoms with van der Waals surface area (Å²) < 4.78 is 4.97. The molecular weight excluding hydrogens is 284 g/mol. The van der Waals surface area contributed by atoms with E-state index in [9.17, 15) is 14.4 Å².